The molecule has 0 aliphatic rings. The Labute approximate surface area is 598 Å². The summed E-state index contributed by atoms with van der Waals surface area (Å²) in [6.45, 7) is 0. The SMILES string of the molecule is O=S(=O)(O)c1cc(S(=O)(=O)O)c2ccc3nn(-c4ccc(-n5on5-c5ccc(/C=C/c6ccc(-n7on7-c7ccc(/C=C/c8ccc(-n9on9-c9ccc(-n%10nc%11ccc%12c(S(=O)(=O)O)cc(S(=O)(=O)O)cc%12c%11n%10)cc9)cc8S(=O)(=O)O)c(S(=O)(=O)O)c7)cc6S(=O)(=O)O)c(S(=O)(=O)O)c5)cc4)nc3c2c1. The van der Waals surface area contributed by atoms with Crippen LogP contribution in [0, 0.1) is 0 Å². The molecule has 107 heavy (non-hydrogen) atoms. The lowest BCUT2D eigenvalue weighted by Gasteiger charge is -2.07. The minimum Gasteiger partial charge on any atom is -0.282 e. The van der Waals surface area contributed by atoms with Gasteiger partial charge in [-0.2, -0.15) is 76.9 Å². The Morgan fingerprint density at radius 1 is 0.243 bits per heavy atom. The number of hydrogen-bond donors (Lipinski definition) is 8. The summed E-state index contributed by atoms with van der Waals surface area (Å²) in [7, 11) is -40.2. The molecular formula is C60H40N12O27S8. The summed E-state index contributed by atoms with van der Waals surface area (Å²) >= 11 is 0. The van der Waals surface area contributed by atoms with E-state index < -0.39 is 120 Å². The predicted molar refractivity (Wildman–Crippen MR) is 368 cm³/mol. The average molecular weight is 1620 g/mol. The van der Waals surface area contributed by atoms with Gasteiger partial charge in [-0.1, -0.05) is 89.8 Å². The second-order valence-electron chi connectivity index (χ2n) is 23.1. The summed E-state index contributed by atoms with van der Waals surface area (Å²) in [6, 6.07) is 34.6. The Hall–Kier alpha value is -11.5. The second-order valence-corrected chi connectivity index (χ2v) is 34.3. The first-order valence-corrected chi connectivity index (χ1v) is 41.0. The number of benzene rings is 10. The molecule has 0 atom stereocenters. The van der Waals surface area contributed by atoms with Gasteiger partial charge in [0.25, 0.3) is 80.9 Å². The van der Waals surface area contributed by atoms with Gasteiger partial charge in [-0.15, -0.1) is 20.4 Å². The Morgan fingerprint density at radius 2 is 0.486 bits per heavy atom. The van der Waals surface area contributed by atoms with Crippen molar-refractivity contribution in [2.75, 3.05) is 0 Å². The van der Waals surface area contributed by atoms with E-state index in [1.54, 1.807) is 0 Å². The van der Waals surface area contributed by atoms with Crippen molar-refractivity contribution in [2.24, 2.45) is 0 Å². The summed E-state index contributed by atoms with van der Waals surface area (Å²) in [5.74, 6) is 0. The van der Waals surface area contributed by atoms with Gasteiger partial charge in [-0.25, -0.2) is 13.9 Å². The minimum absolute atomic E-state index is 0.00170. The highest BCUT2D eigenvalue weighted by molar-refractivity contribution is 7.88. The van der Waals surface area contributed by atoms with Gasteiger partial charge >= 0.3 is 0 Å². The van der Waals surface area contributed by atoms with Gasteiger partial charge < -0.3 is 0 Å². The Morgan fingerprint density at radius 3 is 0.738 bits per heavy atom. The van der Waals surface area contributed by atoms with Crippen molar-refractivity contribution in [3.63, 3.8) is 0 Å². The molecule has 10 aromatic carbocycles. The molecule has 15 rings (SSSR count). The molecule has 0 unspecified atom stereocenters. The Bertz CT molecular complexity index is 6930. The van der Waals surface area contributed by atoms with Crippen LogP contribution in [0.5, 0.6) is 0 Å². The van der Waals surface area contributed by atoms with E-state index in [1.165, 1.54) is 131 Å². The number of hydrogen-bond acceptors (Lipinski definition) is 23. The first kappa shape index (κ1) is 71.1. The fourth-order valence-corrected chi connectivity index (χ4v) is 16.8. The van der Waals surface area contributed by atoms with Crippen molar-refractivity contribution >= 4 is 149 Å². The smallest absolute Gasteiger partial charge is 0.282 e. The van der Waals surface area contributed by atoms with E-state index in [9.17, 15) is 104 Å². The van der Waals surface area contributed by atoms with Crippen molar-refractivity contribution in [3.8, 4) is 45.5 Å². The van der Waals surface area contributed by atoms with Gasteiger partial charge in [0.15, 0.2) is 0 Å². The average Bonchev–Trinajstić information content (AvgIpc) is 1.70. The fourth-order valence-electron chi connectivity index (χ4n) is 11.3. The minimum atomic E-state index is -5.12. The van der Waals surface area contributed by atoms with Crippen molar-refractivity contribution < 1.29 is 118 Å². The Kier molecular flexibility index (Phi) is 16.3. The lowest BCUT2D eigenvalue weighted by atomic mass is 10.1. The van der Waals surface area contributed by atoms with Gasteiger partial charge in [-0.3, -0.25) is 36.4 Å². The molecule has 0 fully saturated rings. The number of nitrogens with zero attached hydrogens (tertiary/aromatic N) is 12. The molecule has 47 heteroatoms. The molecule has 15 aromatic rings. The maximum absolute atomic E-state index is 12.9. The summed E-state index contributed by atoms with van der Waals surface area (Å²) in [5, 5.41) is 17.1. The molecule has 0 aliphatic heterocycles. The highest BCUT2D eigenvalue weighted by Crippen LogP contribution is 2.37. The second kappa shape index (κ2) is 24.5. The van der Waals surface area contributed by atoms with Crippen LogP contribution in [0.3, 0.4) is 0 Å². The van der Waals surface area contributed by atoms with Gasteiger partial charge in [0.1, 0.15) is 85.6 Å². The van der Waals surface area contributed by atoms with E-state index >= 15 is 0 Å². The summed E-state index contributed by atoms with van der Waals surface area (Å²) in [6.07, 6.45) is 4.43. The molecule has 0 amide bonds. The summed E-state index contributed by atoms with van der Waals surface area (Å²) in [4.78, 5) is 2.61. The fraction of sp³-hybridized carbons (Fsp3) is 0. The van der Waals surface area contributed by atoms with Crippen LogP contribution in [0.1, 0.15) is 22.3 Å². The van der Waals surface area contributed by atoms with Crippen LogP contribution in [-0.4, -0.2) is 163 Å². The van der Waals surface area contributed by atoms with Gasteiger partial charge in [0.2, 0.25) is 0 Å². The molecule has 0 saturated heterocycles. The molecule has 8 N–H and O–H groups in total. The maximum Gasteiger partial charge on any atom is 0.295 e. The van der Waals surface area contributed by atoms with E-state index in [1.807, 2.05) is 0 Å². The first-order chi connectivity index (χ1) is 50.0. The zero-order valence-corrected chi connectivity index (χ0v) is 59.0. The van der Waals surface area contributed by atoms with Crippen LogP contribution in [0.2, 0.25) is 0 Å². The first-order valence-electron chi connectivity index (χ1n) is 29.5. The number of fused-ring (bicyclic) bond motifs is 6. The third kappa shape index (κ3) is 13.7. The standard InChI is InChI=1S/C60H40N12O27S8/c73-100(74,75)45-29-49-47(57(31-45)106(91,92)93)21-23-51-59(49)63-65(61-51)37-13-17-39(18-14-37)67-69(97-67)41-9-5-33(53(25-41)102(79,80)81)1-3-35-7-11-43(27-55(35)104(85,86)87)71-72(99-71)44-12-8-36(56(28-44)105(88,89)90)4-2-34-6-10-42(26-54(34)103(82,83)84)70-68(98-70)40-19-15-38(16-20-40)66-62-52-24-22-48-50(60(52)64-66)30-46(101(76,77)78)32-58(48)107(94,95)96/h1-32H,(H,73,74,75)(H,76,77,78)(H,79,80,81)(H,82,83,84)(H,85,86,87)(H,88,89,90)(H,91,92,93)(H,94,95,96)/b3-1+,4-2+. The van der Waals surface area contributed by atoms with Crippen molar-refractivity contribution in [3.05, 3.63) is 192 Å². The summed E-state index contributed by atoms with van der Waals surface area (Å²) < 4.78 is 297. The number of rotatable bonds is 20. The van der Waals surface area contributed by atoms with Crippen molar-refractivity contribution in [2.45, 2.75) is 39.2 Å². The molecule has 0 spiro atoms. The maximum atomic E-state index is 12.9. The summed E-state index contributed by atoms with van der Waals surface area (Å²) in [5.41, 5.74) is 0.714. The van der Waals surface area contributed by atoms with Crippen LogP contribution in [0.15, 0.2) is 223 Å². The normalized spacial score (nSPS) is 13.4. The van der Waals surface area contributed by atoms with E-state index in [0.717, 1.165) is 89.7 Å². The largest absolute Gasteiger partial charge is 0.295 e. The van der Waals surface area contributed by atoms with E-state index in [4.69, 9.17) is 13.9 Å². The van der Waals surface area contributed by atoms with Crippen LogP contribution in [0.25, 0.3) is 113 Å². The van der Waals surface area contributed by atoms with Gasteiger partial charge in [0.05, 0.1) is 21.2 Å². The topological polar surface area (TPSA) is 565 Å². The molecule has 5 aromatic heterocycles. The molecule has 0 radical (unpaired) electrons. The molecule has 39 nitrogen and oxygen atoms in total. The highest BCUT2D eigenvalue weighted by atomic mass is 32.2. The molecule has 0 saturated carbocycles. The van der Waals surface area contributed by atoms with Crippen LogP contribution in [0.4, 0.5) is 0 Å². The lowest BCUT2D eigenvalue weighted by Crippen LogP contribution is -2.04. The molecule has 0 aliphatic carbocycles. The quantitative estimate of drug-likeness (QED) is 0.0274. The zero-order chi connectivity index (χ0) is 76.4. The monoisotopic (exact) mass is 1620 g/mol. The highest BCUT2D eigenvalue weighted by Gasteiger charge is 2.30. The van der Waals surface area contributed by atoms with Crippen LogP contribution >= 0.6 is 0 Å². The Balaban J connectivity index is 0.637. The van der Waals surface area contributed by atoms with Crippen molar-refractivity contribution in [1.29, 1.82) is 0 Å². The van der Waals surface area contributed by atoms with E-state index in [2.05, 4.69) is 20.4 Å². The molecule has 0 bridgehead atoms. The number of aromatic nitrogens is 12. The molecule has 5 heterocycles. The van der Waals surface area contributed by atoms with Gasteiger partial charge in [0, 0.05) is 21.5 Å². The molecular weight excluding hydrogens is 1580 g/mol. The zero-order valence-electron chi connectivity index (χ0n) is 52.4. The predicted octanol–water partition coefficient (Wildman–Crippen LogP) is 7.30. The van der Waals surface area contributed by atoms with Gasteiger partial charge in [-0.05, 0) is 156 Å². The third-order valence-electron chi connectivity index (χ3n) is 16.3. The van der Waals surface area contributed by atoms with E-state index in [-0.39, 0.29) is 88.6 Å². The molecule has 550 valence electrons. The van der Waals surface area contributed by atoms with Crippen LogP contribution in [-0.2, 0) is 80.9 Å². The van der Waals surface area contributed by atoms with Crippen molar-refractivity contribution in [1.82, 2.24) is 59.1 Å². The van der Waals surface area contributed by atoms with E-state index in [0.29, 0.717) is 34.9 Å². The third-order valence-corrected chi connectivity index (χ3v) is 23.4. The van der Waals surface area contributed by atoms with Crippen LogP contribution < -0.4 is 0 Å². The lowest BCUT2D eigenvalue weighted by molar-refractivity contribution is 0.472.